The molecule has 168 valence electrons. The number of aromatic nitrogens is 3. The fourth-order valence-electron chi connectivity index (χ4n) is 4.56. The molecule has 7 heteroatoms. The first kappa shape index (κ1) is 21.3. The molecule has 0 atom stereocenters. The SMILES string of the molecule is Cc1nn(-c2ccc(S(=O)(=O)n3c(C)ccc3C)cc2)c2c1CCC(c1cccc(O)c1)=C2. The molecule has 4 aromatic rings. The Morgan fingerprint density at radius 2 is 1.61 bits per heavy atom. The van der Waals surface area contributed by atoms with Crippen LogP contribution in [0.1, 0.15) is 40.3 Å². The Morgan fingerprint density at radius 3 is 2.27 bits per heavy atom. The molecule has 0 saturated heterocycles. The van der Waals surface area contributed by atoms with Crippen LogP contribution in [0.15, 0.2) is 65.6 Å². The van der Waals surface area contributed by atoms with Gasteiger partial charge in [-0.05, 0) is 99.4 Å². The van der Waals surface area contributed by atoms with Gasteiger partial charge in [0.15, 0.2) is 0 Å². The van der Waals surface area contributed by atoms with Crippen LogP contribution in [0.4, 0.5) is 0 Å². The first-order valence-corrected chi connectivity index (χ1v) is 12.3. The summed E-state index contributed by atoms with van der Waals surface area (Å²) in [5.41, 5.74) is 7.43. The number of aryl methyl sites for hydroxylation is 3. The second-order valence-electron chi connectivity index (χ2n) is 8.46. The van der Waals surface area contributed by atoms with E-state index < -0.39 is 10.0 Å². The molecule has 1 aliphatic carbocycles. The van der Waals surface area contributed by atoms with Crippen molar-refractivity contribution in [3.8, 4) is 11.4 Å². The van der Waals surface area contributed by atoms with Gasteiger partial charge in [0.1, 0.15) is 5.75 Å². The van der Waals surface area contributed by atoms with Gasteiger partial charge < -0.3 is 5.11 Å². The monoisotopic (exact) mass is 459 g/mol. The number of phenols is 1. The molecule has 2 aromatic heterocycles. The summed E-state index contributed by atoms with van der Waals surface area (Å²) in [6, 6.07) is 17.7. The number of allylic oxidation sites excluding steroid dienone is 1. The van der Waals surface area contributed by atoms with E-state index in [1.54, 1.807) is 62.4 Å². The van der Waals surface area contributed by atoms with Crippen molar-refractivity contribution in [2.75, 3.05) is 0 Å². The van der Waals surface area contributed by atoms with E-state index in [0.29, 0.717) is 11.4 Å². The van der Waals surface area contributed by atoms with Gasteiger partial charge in [-0.1, -0.05) is 12.1 Å². The summed E-state index contributed by atoms with van der Waals surface area (Å²) in [7, 11) is -3.67. The van der Waals surface area contributed by atoms with Crippen LogP contribution in [0.2, 0.25) is 0 Å². The highest BCUT2D eigenvalue weighted by molar-refractivity contribution is 7.90. The van der Waals surface area contributed by atoms with Crippen molar-refractivity contribution in [3.63, 3.8) is 0 Å². The number of phenolic OH excluding ortho intramolecular Hbond substituents is 1. The van der Waals surface area contributed by atoms with E-state index in [9.17, 15) is 13.5 Å². The number of hydrogen-bond acceptors (Lipinski definition) is 4. The van der Waals surface area contributed by atoms with Gasteiger partial charge in [-0.3, -0.25) is 0 Å². The zero-order valence-electron chi connectivity index (χ0n) is 18.8. The van der Waals surface area contributed by atoms with Crippen LogP contribution in [-0.2, 0) is 16.4 Å². The average Bonchev–Trinajstić information content (AvgIpc) is 3.32. The Labute approximate surface area is 193 Å². The minimum atomic E-state index is -3.67. The van der Waals surface area contributed by atoms with Crippen molar-refractivity contribution in [2.24, 2.45) is 0 Å². The molecule has 0 unspecified atom stereocenters. The van der Waals surface area contributed by atoms with Crippen LogP contribution >= 0.6 is 0 Å². The van der Waals surface area contributed by atoms with Gasteiger partial charge in [-0.15, -0.1) is 0 Å². The molecule has 33 heavy (non-hydrogen) atoms. The second kappa shape index (κ2) is 7.78. The first-order chi connectivity index (χ1) is 15.8. The number of fused-ring (bicyclic) bond motifs is 1. The van der Waals surface area contributed by atoms with Crippen LogP contribution in [0.3, 0.4) is 0 Å². The fraction of sp³-hybridized carbons (Fsp3) is 0.192. The summed E-state index contributed by atoms with van der Waals surface area (Å²) < 4.78 is 29.6. The maximum atomic E-state index is 13.2. The molecule has 0 fully saturated rings. The third kappa shape index (κ3) is 3.58. The highest BCUT2D eigenvalue weighted by Crippen LogP contribution is 2.34. The average molecular weight is 460 g/mol. The standard InChI is InChI=1S/C26H25N3O3S/c1-17-7-8-18(2)29(17)33(31,32)24-12-10-22(11-13-24)28-26-16-21(9-14-25(26)19(3)27-28)20-5-4-6-23(30)15-20/h4-8,10-13,15-16,30H,9,14H2,1-3H3. The van der Waals surface area contributed by atoms with Crippen molar-refractivity contribution in [1.29, 1.82) is 0 Å². The van der Waals surface area contributed by atoms with Gasteiger partial charge in [0, 0.05) is 17.0 Å². The first-order valence-electron chi connectivity index (χ1n) is 10.8. The molecule has 2 heterocycles. The summed E-state index contributed by atoms with van der Waals surface area (Å²) in [6.45, 7) is 5.57. The third-order valence-electron chi connectivity index (χ3n) is 6.22. The van der Waals surface area contributed by atoms with E-state index in [2.05, 4.69) is 6.08 Å². The van der Waals surface area contributed by atoms with E-state index in [-0.39, 0.29) is 10.6 Å². The Bertz CT molecular complexity index is 1490. The van der Waals surface area contributed by atoms with Crippen molar-refractivity contribution in [2.45, 2.75) is 38.5 Å². The Balaban J connectivity index is 1.55. The lowest BCUT2D eigenvalue weighted by molar-refractivity contribution is 0.475. The molecule has 0 aliphatic heterocycles. The van der Waals surface area contributed by atoms with Crippen molar-refractivity contribution in [3.05, 3.63) is 94.6 Å². The summed E-state index contributed by atoms with van der Waals surface area (Å²) in [4.78, 5) is 0.238. The molecule has 1 aliphatic rings. The Morgan fingerprint density at radius 1 is 0.909 bits per heavy atom. The lowest BCUT2D eigenvalue weighted by Crippen LogP contribution is -2.15. The third-order valence-corrected chi connectivity index (χ3v) is 8.15. The zero-order valence-corrected chi connectivity index (χ0v) is 19.6. The van der Waals surface area contributed by atoms with Crippen LogP contribution in [0.5, 0.6) is 5.75 Å². The molecule has 1 N–H and O–H groups in total. The molecule has 0 saturated carbocycles. The van der Waals surface area contributed by atoms with Crippen LogP contribution in [0.25, 0.3) is 17.3 Å². The van der Waals surface area contributed by atoms with Gasteiger partial charge >= 0.3 is 0 Å². The van der Waals surface area contributed by atoms with E-state index in [1.807, 2.05) is 23.7 Å². The van der Waals surface area contributed by atoms with Crippen LogP contribution < -0.4 is 0 Å². The molecule has 0 amide bonds. The highest BCUT2D eigenvalue weighted by atomic mass is 32.2. The quantitative estimate of drug-likeness (QED) is 0.464. The smallest absolute Gasteiger partial charge is 0.268 e. The van der Waals surface area contributed by atoms with Gasteiger partial charge in [0.2, 0.25) is 0 Å². The summed E-state index contributed by atoms with van der Waals surface area (Å²) in [5, 5.41) is 14.6. The molecular formula is C26H25N3O3S. The van der Waals surface area contributed by atoms with Crippen molar-refractivity contribution < 1.29 is 13.5 Å². The molecule has 6 nitrogen and oxygen atoms in total. The second-order valence-corrected chi connectivity index (χ2v) is 10.2. The van der Waals surface area contributed by atoms with E-state index in [4.69, 9.17) is 5.10 Å². The maximum absolute atomic E-state index is 13.2. The number of benzene rings is 2. The normalized spacial score (nSPS) is 13.6. The van der Waals surface area contributed by atoms with Crippen LogP contribution in [0, 0.1) is 20.8 Å². The van der Waals surface area contributed by atoms with E-state index >= 15 is 0 Å². The Kier molecular flexibility index (Phi) is 5.01. The minimum absolute atomic E-state index is 0.238. The van der Waals surface area contributed by atoms with Gasteiger partial charge in [-0.2, -0.15) is 5.10 Å². The maximum Gasteiger partial charge on any atom is 0.268 e. The molecular weight excluding hydrogens is 434 g/mol. The number of nitrogens with zero attached hydrogens (tertiary/aromatic N) is 3. The number of hydrogen-bond donors (Lipinski definition) is 1. The minimum Gasteiger partial charge on any atom is -0.508 e. The predicted octanol–water partition coefficient (Wildman–Crippen LogP) is 5.03. The van der Waals surface area contributed by atoms with Crippen molar-refractivity contribution >= 4 is 21.7 Å². The van der Waals surface area contributed by atoms with E-state index in [0.717, 1.165) is 41.1 Å². The summed E-state index contributed by atoms with van der Waals surface area (Å²) in [5.74, 6) is 0.244. The topological polar surface area (TPSA) is 77.1 Å². The molecule has 0 radical (unpaired) electrons. The Hall–Kier alpha value is -3.58. The molecule has 5 rings (SSSR count). The fourth-order valence-corrected chi connectivity index (χ4v) is 6.13. The number of aromatic hydroxyl groups is 1. The highest BCUT2D eigenvalue weighted by Gasteiger charge is 2.23. The molecule has 2 aromatic carbocycles. The largest absolute Gasteiger partial charge is 0.508 e. The number of rotatable bonds is 4. The van der Waals surface area contributed by atoms with E-state index in [1.165, 1.54) is 9.54 Å². The van der Waals surface area contributed by atoms with Gasteiger partial charge in [0.25, 0.3) is 10.0 Å². The van der Waals surface area contributed by atoms with Gasteiger partial charge in [-0.25, -0.2) is 17.1 Å². The zero-order chi connectivity index (χ0) is 23.3. The molecule has 0 spiro atoms. The molecule has 0 bridgehead atoms. The predicted molar refractivity (Wildman–Crippen MR) is 129 cm³/mol. The van der Waals surface area contributed by atoms with Crippen LogP contribution in [-0.4, -0.2) is 27.3 Å². The summed E-state index contributed by atoms with van der Waals surface area (Å²) in [6.07, 6.45) is 3.85. The lowest BCUT2D eigenvalue weighted by Gasteiger charge is -2.16. The summed E-state index contributed by atoms with van der Waals surface area (Å²) >= 11 is 0. The van der Waals surface area contributed by atoms with Gasteiger partial charge in [0.05, 0.1) is 22.0 Å². The van der Waals surface area contributed by atoms with Crippen molar-refractivity contribution in [1.82, 2.24) is 13.8 Å². The lowest BCUT2D eigenvalue weighted by atomic mass is 9.91.